The highest BCUT2D eigenvalue weighted by Crippen LogP contribution is 2.24. The number of quaternary nitrogens is 2. The number of rotatable bonds is 29. The lowest BCUT2D eigenvalue weighted by molar-refractivity contribution is -0.921. The van der Waals surface area contributed by atoms with E-state index < -0.39 is 0 Å². The minimum atomic E-state index is -0.299. The fraction of sp³-hybridized carbons (Fsp3) is 0.667. The van der Waals surface area contributed by atoms with Crippen LogP contribution in [0, 0.1) is 20.2 Å². The molecule has 0 aliphatic carbocycles. The fourth-order valence-electron chi connectivity index (χ4n) is 7.09. The average Bonchev–Trinajstić information content (AvgIpc) is 3.15. The molecule has 0 radical (unpaired) electrons. The smallest absolute Gasteiger partial charge is 0.278 e. The number of hydrogen-bond acceptors (Lipinski definition) is 6. The summed E-state index contributed by atoms with van der Waals surface area (Å²) in [4.78, 5) is 51.3. The first-order chi connectivity index (χ1) is 25.7. The van der Waals surface area contributed by atoms with E-state index in [2.05, 4.69) is 27.9 Å². The van der Waals surface area contributed by atoms with E-state index in [1.807, 2.05) is 48.2 Å². The zero-order valence-electron chi connectivity index (χ0n) is 35.1. The summed E-state index contributed by atoms with van der Waals surface area (Å²) in [6.45, 7) is 10.7. The molecule has 2 aromatic carbocycles. The number of carbonyl (C=O) groups excluding carboxylic acids is 2. The fourth-order valence-corrected chi connectivity index (χ4v) is 7.09. The summed E-state index contributed by atoms with van der Waals surface area (Å²) >= 11 is 0. The summed E-state index contributed by atoms with van der Waals surface area (Å²) in [5.41, 5.74) is 1.91. The molecule has 14 heteroatoms. The van der Waals surface area contributed by atoms with Crippen LogP contribution in [0.25, 0.3) is 0 Å². The van der Waals surface area contributed by atoms with E-state index in [0.29, 0.717) is 25.9 Å². The number of amides is 2. The first kappa shape index (κ1) is 53.6. The SMILES string of the molecule is CC[N+](C)(CCCCCC(=O)N(C)CCCCCCCCN(C)C(=O)CCCCC[N+](C)(CC)Cc1ccccc1[N+](=O)[O-])Cc1ccccc1[N+](=O)[O-].[I-].[I-]. The minimum absolute atomic E-state index is 0. The molecule has 318 valence electrons. The molecular formula is C42H70I2N6O6. The molecule has 0 N–H and O–H groups in total. The molecule has 2 rings (SSSR count). The van der Waals surface area contributed by atoms with E-state index in [-0.39, 0.29) is 81.0 Å². The topological polar surface area (TPSA) is 127 Å². The van der Waals surface area contributed by atoms with Gasteiger partial charge >= 0.3 is 0 Å². The van der Waals surface area contributed by atoms with Gasteiger partial charge in [-0.2, -0.15) is 0 Å². The van der Waals surface area contributed by atoms with Crippen LogP contribution in [-0.4, -0.2) is 108 Å². The van der Waals surface area contributed by atoms with Gasteiger partial charge in [0.05, 0.1) is 61.2 Å². The van der Waals surface area contributed by atoms with Crippen molar-refractivity contribution in [3.05, 3.63) is 79.9 Å². The molecule has 12 nitrogen and oxygen atoms in total. The highest BCUT2D eigenvalue weighted by molar-refractivity contribution is 5.76. The average molecular weight is 1010 g/mol. The van der Waals surface area contributed by atoms with Crippen LogP contribution in [0.5, 0.6) is 0 Å². The van der Waals surface area contributed by atoms with Gasteiger partial charge in [-0.15, -0.1) is 0 Å². The predicted molar refractivity (Wildman–Crippen MR) is 217 cm³/mol. The van der Waals surface area contributed by atoms with Gasteiger partial charge in [0, 0.05) is 52.2 Å². The minimum Gasteiger partial charge on any atom is -1.00 e. The maximum Gasteiger partial charge on any atom is 0.278 e. The van der Waals surface area contributed by atoms with Gasteiger partial charge in [0.15, 0.2) is 0 Å². The van der Waals surface area contributed by atoms with Crippen molar-refractivity contribution in [3.63, 3.8) is 0 Å². The second-order valence-corrected chi connectivity index (χ2v) is 15.8. The van der Waals surface area contributed by atoms with Gasteiger partial charge in [-0.3, -0.25) is 29.8 Å². The summed E-state index contributed by atoms with van der Waals surface area (Å²) in [5, 5.41) is 22.9. The Morgan fingerprint density at radius 1 is 0.554 bits per heavy atom. The molecular weight excluding hydrogens is 938 g/mol. The van der Waals surface area contributed by atoms with Crippen LogP contribution in [-0.2, 0) is 22.7 Å². The van der Waals surface area contributed by atoms with Gasteiger partial charge in [0.1, 0.15) is 13.1 Å². The first-order valence-electron chi connectivity index (χ1n) is 20.3. The summed E-state index contributed by atoms with van der Waals surface area (Å²) in [7, 11) is 8.10. The molecule has 2 amide bonds. The molecule has 0 saturated carbocycles. The maximum absolute atomic E-state index is 12.7. The number of para-hydroxylation sites is 2. The Labute approximate surface area is 371 Å². The highest BCUT2D eigenvalue weighted by Gasteiger charge is 2.26. The zero-order chi connectivity index (χ0) is 40.0. The number of nitro benzene ring substituents is 2. The standard InChI is InChI=1S/C42H70N6O6.2HI/c1-7-47(5,35-37-25-17-19-27-39(37)45(51)52)33-23-13-15-29-41(49)43(3)31-21-11-9-10-12-22-32-44(4)42(50)30-16-14-24-34-48(6,8-2)36-38-26-18-20-28-40(38)46(53)54;;/h17-20,25-28H,7-16,21-24,29-36H2,1-6H3;2*1H/q+2;;/p-2. The lowest BCUT2D eigenvalue weighted by Gasteiger charge is -2.33. The van der Waals surface area contributed by atoms with Crippen molar-refractivity contribution in [2.45, 2.75) is 117 Å². The van der Waals surface area contributed by atoms with Crippen LogP contribution in [0.2, 0.25) is 0 Å². The molecule has 2 aromatic rings. The molecule has 0 aliphatic heterocycles. The molecule has 0 heterocycles. The van der Waals surface area contributed by atoms with E-state index in [9.17, 15) is 29.8 Å². The largest absolute Gasteiger partial charge is 1.00 e. The van der Waals surface area contributed by atoms with E-state index in [1.54, 1.807) is 24.3 Å². The molecule has 0 fully saturated rings. The van der Waals surface area contributed by atoms with Crippen molar-refractivity contribution in [3.8, 4) is 0 Å². The van der Waals surface area contributed by atoms with Crippen LogP contribution in [0.3, 0.4) is 0 Å². The predicted octanol–water partition coefficient (Wildman–Crippen LogP) is 2.52. The molecule has 0 saturated heterocycles. The lowest BCUT2D eigenvalue weighted by atomic mass is 10.1. The van der Waals surface area contributed by atoms with Crippen LogP contribution in [0.15, 0.2) is 48.5 Å². The summed E-state index contributed by atoms with van der Waals surface area (Å²) in [6.07, 6.45) is 13.2. The highest BCUT2D eigenvalue weighted by atomic mass is 127. The Bertz CT molecular complexity index is 1360. The summed E-state index contributed by atoms with van der Waals surface area (Å²) in [6, 6.07) is 14.0. The third-order valence-electron chi connectivity index (χ3n) is 11.3. The maximum atomic E-state index is 12.7. The van der Waals surface area contributed by atoms with Crippen molar-refractivity contribution in [1.82, 2.24) is 9.80 Å². The van der Waals surface area contributed by atoms with Gasteiger partial charge in [0.25, 0.3) is 11.4 Å². The van der Waals surface area contributed by atoms with Crippen LogP contribution < -0.4 is 48.0 Å². The Morgan fingerprint density at radius 3 is 1.21 bits per heavy atom. The van der Waals surface area contributed by atoms with Gasteiger partial charge in [-0.25, -0.2) is 0 Å². The molecule has 0 spiro atoms. The number of nitrogens with zero attached hydrogens (tertiary/aromatic N) is 6. The number of halogens is 2. The second-order valence-electron chi connectivity index (χ2n) is 15.8. The lowest BCUT2D eigenvalue weighted by Crippen LogP contribution is -3.00. The number of hydrogen-bond donors (Lipinski definition) is 0. The molecule has 56 heavy (non-hydrogen) atoms. The van der Waals surface area contributed by atoms with Crippen LogP contribution in [0.1, 0.15) is 115 Å². The molecule has 0 bridgehead atoms. The Balaban J connectivity index is 0.0000151. The first-order valence-corrected chi connectivity index (χ1v) is 20.3. The van der Waals surface area contributed by atoms with Gasteiger partial charge in [-0.1, -0.05) is 49.9 Å². The number of carbonyl (C=O) groups is 2. The molecule has 0 aliphatic rings. The number of unbranched alkanes of at least 4 members (excludes halogenated alkanes) is 9. The van der Waals surface area contributed by atoms with Crippen molar-refractivity contribution in [2.75, 3.05) is 67.5 Å². The van der Waals surface area contributed by atoms with Crippen LogP contribution in [0.4, 0.5) is 11.4 Å². The third kappa shape index (κ3) is 20.3. The molecule has 2 atom stereocenters. The Hall–Kier alpha value is -2.44. The van der Waals surface area contributed by atoms with Crippen molar-refractivity contribution in [1.29, 1.82) is 0 Å². The monoisotopic (exact) mass is 1010 g/mol. The summed E-state index contributed by atoms with van der Waals surface area (Å²) in [5.74, 6) is 0.399. The normalized spacial score (nSPS) is 13.0. The van der Waals surface area contributed by atoms with Gasteiger partial charge < -0.3 is 66.7 Å². The van der Waals surface area contributed by atoms with E-state index in [0.717, 1.165) is 136 Å². The van der Waals surface area contributed by atoms with Crippen LogP contribution >= 0.6 is 0 Å². The molecule has 2 unspecified atom stereocenters. The zero-order valence-corrected chi connectivity index (χ0v) is 39.4. The van der Waals surface area contributed by atoms with Crippen molar-refractivity contribution in [2.24, 2.45) is 0 Å². The Morgan fingerprint density at radius 2 is 0.875 bits per heavy atom. The van der Waals surface area contributed by atoms with Crippen molar-refractivity contribution < 1.29 is 76.4 Å². The molecule has 0 aromatic heterocycles. The van der Waals surface area contributed by atoms with Gasteiger partial charge in [0.2, 0.25) is 11.8 Å². The quantitative estimate of drug-likeness (QED) is 0.0406. The van der Waals surface area contributed by atoms with Gasteiger partial charge in [-0.05, 0) is 77.3 Å². The third-order valence-corrected chi connectivity index (χ3v) is 11.3. The van der Waals surface area contributed by atoms with E-state index in [1.165, 1.54) is 0 Å². The summed E-state index contributed by atoms with van der Waals surface area (Å²) < 4.78 is 1.48. The Kier molecular flexibility index (Phi) is 27.6. The van der Waals surface area contributed by atoms with E-state index >= 15 is 0 Å². The second kappa shape index (κ2) is 28.9. The number of benzene rings is 2. The van der Waals surface area contributed by atoms with Crippen molar-refractivity contribution >= 4 is 23.2 Å². The number of nitro groups is 2. The van der Waals surface area contributed by atoms with E-state index in [4.69, 9.17) is 0 Å².